The van der Waals surface area contributed by atoms with Gasteiger partial charge in [0.1, 0.15) is 0 Å². The third-order valence-electron chi connectivity index (χ3n) is 1.48. The Morgan fingerprint density at radius 1 is 1.50 bits per heavy atom. The van der Waals surface area contributed by atoms with E-state index in [4.69, 9.17) is 0 Å². The highest BCUT2D eigenvalue weighted by Gasteiger charge is 2.05. The maximum Gasteiger partial charge on any atom is 0.0771 e. The van der Waals surface area contributed by atoms with Gasteiger partial charge >= 0.3 is 0 Å². The molecule has 1 atom stereocenters. The molecule has 1 heteroatoms. The predicted molar refractivity (Wildman–Crippen MR) is 44.9 cm³/mol. The molecule has 0 aliphatic heterocycles. The molecule has 0 aliphatic rings. The fourth-order valence-corrected chi connectivity index (χ4v) is 0.536. The van der Waals surface area contributed by atoms with E-state index in [9.17, 15) is 5.11 Å². The van der Waals surface area contributed by atoms with Crippen molar-refractivity contribution in [1.29, 1.82) is 0 Å². The summed E-state index contributed by atoms with van der Waals surface area (Å²) in [7, 11) is 0. The van der Waals surface area contributed by atoms with E-state index in [1.165, 1.54) is 0 Å². The maximum atomic E-state index is 9.28. The van der Waals surface area contributed by atoms with E-state index in [1.807, 2.05) is 6.08 Å². The average molecular weight is 142 g/mol. The van der Waals surface area contributed by atoms with E-state index in [0.29, 0.717) is 5.92 Å². The minimum atomic E-state index is -0.649. The quantitative estimate of drug-likeness (QED) is 0.600. The zero-order valence-corrected chi connectivity index (χ0v) is 7.39. The molecule has 10 heavy (non-hydrogen) atoms. The standard InChI is InChI=1S/C9H18O/c1-5-8(2)6-7-9(3,4)10/h6-8,10H,5H2,1-4H3/b7-6+. The van der Waals surface area contributed by atoms with Crippen LogP contribution in [0.3, 0.4) is 0 Å². The van der Waals surface area contributed by atoms with Gasteiger partial charge in [-0.1, -0.05) is 32.4 Å². The highest BCUT2D eigenvalue weighted by atomic mass is 16.3. The van der Waals surface area contributed by atoms with Gasteiger partial charge in [0.2, 0.25) is 0 Å². The lowest BCUT2D eigenvalue weighted by Gasteiger charge is -2.11. The Labute approximate surface area is 63.8 Å². The van der Waals surface area contributed by atoms with E-state index < -0.39 is 5.60 Å². The Morgan fingerprint density at radius 3 is 2.30 bits per heavy atom. The molecule has 0 fully saturated rings. The highest BCUT2D eigenvalue weighted by Crippen LogP contribution is 2.08. The summed E-state index contributed by atoms with van der Waals surface area (Å²) >= 11 is 0. The van der Waals surface area contributed by atoms with Crippen LogP contribution in [0.2, 0.25) is 0 Å². The molecule has 1 N–H and O–H groups in total. The molecule has 1 unspecified atom stereocenters. The van der Waals surface area contributed by atoms with Crippen LogP contribution in [0.25, 0.3) is 0 Å². The van der Waals surface area contributed by atoms with Gasteiger partial charge in [-0.3, -0.25) is 0 Å². The van der Waals surface area contributed by atoms with Crippen molar-refractivity contribution >= 4 is 0 Å². The minimum Gasteiger partial charge on any atom is -0.386 e. The fourth-order valence-electron chi connectivity index (χ4n) is 0.536. The van der Waals surface area contributed by atoms with Gasteiger partial charge in [0.15, 0.2) is 0 Å². The molecule has 60 valence electrons. The zero-order valence-electron chi connectivity index (χ0n) is 7.39. The Hall–Kier alpha value is -0.300. The van der Waals surface area contributed by atoms with Crippen molar-refractivity contribution in [3.05, 3.63) is 12.2 Å². The molecule has 0 saturated carbocycles. The second-order valence-electron chi connectivity index (χ2n) is 3.40. The van der Waals surface area contributed by atoms with Crippen LogP contribution in [0.5, 0.6) is 0 Å². The van der Waals surface area contributed by atoms with E-state index >= 15 is 0 Å². The van der Waals surface area contributed by atoms with Gasteiger partial charge in [-0.2, -0.15) is 0 Å². The van der Waals surface area contributed by atoms with Crippen molar-refractivity contribution in [2.75, 3.05) is 0 Å². The Balaban J connectivity index is 3.75. The molecular formula is C9H18O. The van der Waals surface area contributed by atoms with Crippen molar-refractivity contribution in [2.24, 2.45) is 5.92 Å². The number of hydrogen-bond donors (Lipinski definition) is 1. The number of aliphatic hydroxyl groups is 1. The molecule has 0 aromatic rings. The number of rotatable bonds is 3. The summed E-state index contributed by atoms with van der Waals surface area (Å²) in [6.45, 7) is 7.85. The van der Waals surface area contributed by atoms with Crippen molar-refractivity contribution in [1.82, 2.24) is 0 Å². The van der Waals surface area contributed by atoms with Crippen LogP contribution < -0.4 is 0 Å². The van der Waals surface area contributed by atoms with Gasteiger partial charge < -0.3 is 5.11 Å². The first-order valence-electron chi connectivity index (χ1n) is 3.87. The fraction of sp³-hybridized carbons (Fsp3) is 0.778. The van der Waals surface area contributed by atoms with Crippen LogP contribution in [-0.4, -0.2) is 10.7 Å². The maximum absolute atomic E-state index is 9.28. The van der Waals surface area contributed by atoms with Gasteiger partial charge in [-0.15, -0.1) is 0 Å². The largest absolute Gasteiger partial charge is 0.386 e. The van der Waals surface area contributed by atoms with E-state index in [2.05, 4.69) is 19.9 Å². The van der Waals surface area contributed by atoms with Crippen LogP contribution in [-0.2, 0) is 0 Å². The van der Waals surface area contributed by atoms with Crippen molar-refractivity contribution in [3.63, 3.8) is 0 Å². The Morgan fingerprint density at radius 2 is 2.00 bits per heavy atom. The zero-order chi connectivity index (χ0) is 8.20. The summed E-state index contributed by atoms with van der Waals surface area (Å²) in [4.78, 5) is 0. The molecule has 0 amide bonds. The van der Waals surface area contributed by atoms with Crippen LogP contribution >= 0.6 is 0 Å². The summed E-state index contributed by atoms with van der Waals surface area (Å²) < 4.78 is 0. The second kappa shape index (κ2) is 3.77. The number of hydrogen-bond acceptors (Lipinski definition) is 1. The molecule has 0 aromatic heterocycles. The molecule has 0 radical (unpaired) electrons. The minimum absolute atomic E-state index is 0.575. The van der Waals surface area contributed by atoms with Crippen molar-refractivity contribution < 1.29 is 5.11 Å². The molecule has 0 heterocycles. The van der Waals surface area contributed by atoms with Gasteiger partial charge in [0.25, 0.3) is 0 Å². The molecule has 0 aromatic carbocycles. The summed E-state index contributed by atoms with van der Waals surface area (Å²) in [6, 6.07) is 0. The van der Waals surface area contributed by atoms with E-state index in [1.54, 1.807) is 13.8 Å². The predicted octanol–water partition coefficient (Wildman–Crippen LogP) is 2.36. The Kier molecular flexibility index (Phi) is 3.66. The molecule has 0 aliphatic carbocycles. The van der Waals surface area contributed by atoms with Crippen LogP contribution in [0.15, 0.2) is 12.2 Å². The lowest BCUT2D eigenvalue weighted by molar-refractivity contribution is 0.132. The normalized spacial score (nSPS) is 16.1. The second-order valence-corrected chi connectivity index (χ2v) is 3.40. The molecule has 0 spiro atoms. The Bertz CT molecular complexity index is 108. The first-order chi connectivity index (χ1) is 4.45. The molecule has 0 saturated heterocycles. The lowest BCUT2D eigenvalue weighted by Crippen LogP contribution is -2.14. The lowest BCUT2D eigenvalue weighted by atomic mass is 10.0. The monoisotopic (exact) mass is 142 g/mol. The first kappa shape index (κ1) is 9.70. The van der Waals surface area contributed by atoms with Crippen LogP contribution in [0, 0.1) is 5.92 Å². The molecule has 0 rings (SSSR count). The van der Waals surface area contributed by atoms with E-state index in [-0.39, 0.29) is 0 Å². The number of allylic oxidation sites excluding steroid dienone is 1. The van der Waals surface area contributed by atoms with Gasteiger partial charge in [0, 0.05) is 0 Å². The molecular weight excluding hydrogens is 124 g/mol. The highest BCUT2D eigenvalue weighted by molar-refractivity contribution is 4.97. The third-order valence-corrected chi connectivity index (χ3v) is 1.48. The van der Waals surface area contributed by atoms with Gasteiger partial charge in [0.05, 0.1) is 5.60 Å². The first-order valence-corrected chi connectivity index (χ1v) is 3.87. The van der Waals surface area contributed by atoms with Gasteiger partial charge in [-0.05, 0) is 19.8 Å². The average Bonchev–Trinajstić information content (AvgIpc) is 1.81. The third kappa shape index (κ3) is 5.83. The molecule has 1 nitrogen and oxygen atoms in total. The van der Waals surface area contributed by atoms with Crippen LogP contribution in [0.1, 0.15) is 34.1 Å². The smallest absolute Gasteiger partial charge is 0.0771 e. The summed E-state index contributed by atoms with van der Waals surface area (Å²) in [5.74, 6) is 0.575. The van der Waals surface area contributed by atoms with Gasteiger partial charge in [-0.25, -0.2) is 0 Å². The van der Waals surface area contributed by atoms with Crippen molar-refractivity contribution in [3.8, 4) is 0 Å². The summed E-state index contributed by atoms with van der Waals surface area (Å²) in [5.41, 5.74) is -0.649. The topological polar surface area (TPSA) is 20.2 Å². The van der Waals surface area contributed by atoms with Crippen molar-refractivity contribution in [2.45, 2.75) is 39.7 Å². The van der Waals surface area contributed by atoms with Crippen LogP contribution in [0.4, 0.5) is 0 Å². The molecule has 0 bridgehead atoms. The van der Waals surface area contributed by atoms with E-state index in [0.717, 1.165) is 6.42 Å². The summed E-state index contributed by atoms with van der Waals surface area (Å²) in [5, 5.41) is 9.28. The SMILES string of the molecule is CCC(C)/C=C/C(C)(C)O. The summed E-state index contributed by atoms with van der Waals surface area (Å²) in [6.07, 6.45) is 5.04.